The quantitative estimate of drug-likeness (QED) is 0.839. The van der Waals surface area contributed by atoms with Crippen molar-refractivity contribution in [1.29, 1.82) is 0 Å². The van der Waals surface area contributed by atoms with Crippen LogP contribution in [0.5, 0.6) is 0 Å². The highest BCUT2D eigenvalue weighted by Gasteiger charge is 2.37. The number of nitrogens with zero attached hydrogens (tertiary/aromatic N) is 1. The first-order valence-electron chi connectivity index (χ1n) is 8.52. The minimum atomic E-state index is 0.0274. The molecule has 3 heteroatoms. The van der Waals surface area contributed by atoms with Crippen LogP contribution in [-0.2, 0) is 4.74 Å². The second kappa shape index (κ2) is 6.76. The number of rotatable bonds is 5. The van der Waals surface area contributed by atoms with Crippen molar-refractivity contribution in [2.75, 3.05) is 39.3 Å². The first kappa shape index (κ1) is 16.3. The van der Waals surface area contributed by atoms with Gasteiger partial charge in [-0.25, -0.2) is 0 Å². The van der Waals surface area contributed by atoms with E-state index in [-0.39, 0.29) is 5.60 Å². The van der Waals surface area contributed by atoms with Gasteiger partial charge in [-0.1, -0.05) is 26.7 Å². The lowest BCUT2D eigenvalue weighted by Gasteiger charge is -2.46. The molecule has 0 aromatic heterocycles. The lowest BCUT2D eigenvalue weighted by atomic mass is 9.70. The minimum absolute atomic E-state index is 0.0274. The molecule has 0 aromatic rings. The van der Waals surface area contributed by atoms with Gasteiger partial charge < -0.3 is 10.1 Å². The molecule has 0 bridgehead atoms. The number of ether oxygens (including phenoxy) is 1. The predicted molar refractivity (Wildman–Crippen MR) is 85.1 cm³/mol. The van der Waals surface area contributed by atoms with E-state index >= 15 is 0 Å². The maximum Gasteiger partial charge on any atom is 0.0753 e. The number of hydrogen-bond donors (Lipinski definition) is 1. The van der Waals surface area contributed by atoms with E-state index in [1.165, 1.54) is 38.8 Å². The third-order valence-corrected chi connectivity index (χ3v) is 5.15. The third-order valence-electron chi connectivity index (χ3n) is 5.15. The van der Waals surface area contributed by atoms with Crippen LogP contribution < -0.4 is 5.32 Å². The summed E-state index contributed by atoms with van der Waals surface area (Å²) in [5, 5.41) is 3.63. The SMILES string of the molecule is CCNCC1(CN2CCOC(C)(C)C2)CCC(C)CC1. The maximum atomic E-state index is 5.86. The van der Waals surface area contributed by atoms with Crippen molar-refractivity contribution in [2.24, 2.45) is 11.3 Å². The van der Waals surface area contributed by atoms with Crippen molar-refractivity contribution in [2.45, 2.75) is 59.0 Å². The Bertz CT molecular complexity index is 290. The van der Waals surface area contributed by atoms with Crippen molar-refractivity contribution in [3.8, 4) is 0 Å². The summed E-state index contributed by atoms with van der Waals surface area (Å²) in [6.07, 6.45) is 5.58. The highest BCUT2D eigenvalue weighted by atomic mass is 16.5. The molecular formula is C17H34N2O. The van der Waals surface area contributed by atoms with Gasteiger partial charge in [0.2, 0.25) is 0 Å². The van der Waals surface area contributed by atoms with Crippen molar-refractivity contribution in [3.05, 3.63) is 0 Å². The Morgan fingerprint density at radius 2 is 1.95 bits per heavy atom. The average molecular weight is 282 g/mol. The van der Waals surface area contributed by atoms with Gasteiger partial charge in [-0.3, -0.25) is 4.90 Å². The Kier molecular flexibility index (Phi) is 5.49. The van der Waals surface area contributed by atoms with Crippen LogP contribution in [0, 0.1) is 11.3 Å². The van der Waals surface area contributed by atoms with Gasteiger partial charge in [0, 0.05) is 26.2 Å². The molecule has 0 radical (unpaired) electrons. The smallest absolute Gasteiger partial charge is 0.0753 e. The van der Waals surface area contributed by atoms with Crippen LogP contribution in [-0.4, -0.2) is 49.8 Å². The van der Waals surface area contributed by atoms with Crippen LogP contribution in [0.15, 0.2) is 0 Å². The van der Waals surface area contributed by atoms with Crippen LogP contribution in [0.3, 0.4) is 0 Å². The van der Waals surface area contributed by atoms with E-state index < -0.39 is 0 Å². The molecule has 1 N–H and O–H groups in total. The van der Waals surface area contributed by atoms with E-state index in [2.05, 4.69) is 37.9 Å². The number of nitrogens with one attached hydrogen (secondary N) is 1. The van der Waals surface area contributed by atoms with E-state index in [0.717, 1.165) is 32.2 Å². The maximum absolute atomic E-state index is 5.86. The monoisotopic (exact) mass is 282 g/mol. The Balaban J connectivity index is 1.96. The molecule has 0 atom stereocenters. The fourth-order valence-corrected chi connectivity index (χ4v) is 3.88. The summed E-state index contributed by atoms with van der Waals surface area (Å²) in [6, 6.07) is 0. The van der Waals surface area contributed by atoms with E-state index in [1.807, 2.05) is 0 Å². The predicted octanol–water partition coefficient (Wildman–Crippen LogP) is 2.90. The van der Waals surface area contributed by atoms with Crippen LogP contribution in [0.25, 0.3) is 0 Å². The lowest BCUT2D eigenvalue weighted by molar-refractivity contribution is -0.0970. The molecule has 0 amide bonds. The van der Waals surface area contributed by atoms with Crippen molar-refractivity contribution in [3.63, 3.8) is 0 Å². The topological polar surface area (TPSA) is 24.5 Å². The molecule has 0 unspecified atom stereocenters. The molecule has 1 saturated carbocycles. The molecule has 3 nitrogen and oxygen atoms in total. The van der Waals surface area contributed by atoms with Crippen molar-refractivity contribution in [1.82, 2.24) is 10.2 Å². The molecular weight excluding hydrogens is 248 g/mol. The Morgan fingerprint density at radius 3 is 2.55 bits per heavy atom. The Morgan fingerprint density at radius 1 is 1.25 bits per heavy atom. The van der Waals surface area contributed by atoms with Gasteiger partial charge in [0.05, 0.1) is 12.2 Å². The Hall–Kier alpha value is -0.120. The zero-order valence-electron chi connectivity index (χ0n) is 14.0. The van der Waals surface area contributed by atoms with Gasteiger partial charge in [0.1, 0.15) is 0 Å². The molecule has 1 saturated heterocycles. The molecule has 2 aliphatic rings. The van der Waals surface area contributed by atoms with Crippen LogP contribution >= 0.6 is 0 Å². The number of morpholine rings is 1. The van der Waals surface area contributed by atoms with E-state index in [4.69, 9.17) is 4.74 Å². The first-order valence-corrected chi connectivity index (χ1v) is 8.52. The molecule has 0 spiro atoms. The second-order valence-corrected chi connectivity index (χ2v) is 7.78. The molecule has 1 heterocycles. The molecule has 0 aromatic carbocycles. The van der Waals surface area contributed by atoms with Crippen molar-refractivity contribution >= 4 is 0 Å². The molecule has 1 aliphatic heterocycles. The fourth-order valence-electron chi connectivity index (χ4n) is 3.88. The zero-order chi connectivity index (χ0) is 14.6. The molecule has 20 heavy (non-hydrogen) atoms. The van der Waals surface area contributed by atoms with Gasteiger partial charge in [0.15, 0.2) is 0 Å². The minimum Gasteiger partial charge on any atom is -0.373 e. The van der Waals surface area contributed by atoms with Gasteiger partial charge >= 0.3 is 0 Å². The summed E-state index contributed by atoms with van der Waals surface area (Å²) in [5.41, 5.74) is 0.523. The van der Waals surface area contributed by atoms with Crippen LogP contribution in [0.1, 0.15) is 53.4 Å². The highest BCUT2D eigenvalue weighted by molar-refractivity contribution is 4.91. The lowest BCUT2D eigenvalue weighted by Crippen LogP contribution is -2.54. The van der Waals surface area contributed by atoms with Gasteiger partial charge in [0.25, 0.3) is 0 Å². The third kappa shape index (κ3) is 4.44. The van der Waals surface area contributed by atoms with Gasteiger partial charge in [-0.2, -0.15) is 0 Å². The first-order chi connectivity index (χ1) is 9.45. The molecule has 2 fully saturated rings. The summed E-state index contributed by atoms with van der Waals surface area (Å²) in [6.45, 7) is 15.7. The summed E-state index contributed by atoms with van der Waals surface area (Å²) in [5.74, 6) is 0.922. The summed E-state index contributed by atoms with van der Waals surface area (Å²) < 4.78 is 5.86. The highest BCUT2D eigenvalue weighted by Crippen LogP contribution is 2.39. The van der Waals surface area contributed by atoms with Crippen LogP contribution in [0.4, 0.5) is 0 Å². The van der Waals surface area contributed by atoms with E-state index in [1.54, 1.807) is 0 Å². The van der Waals surface area contributed by atoms with E-state index in [9.17, 15) is 0 Å². The van der Waals surface area contributed by atoms with E-state index in [0.29, 0.717) is 5.41 Å². The molecule has 1 aliphatic carbocycles. The normalized spacial score (nSPS) is 35.1. The summed E-state index contributed by atoms with van der Waals surface area (Å²) >= 11 is 0. The summed E-state index contributed by atoms with van der Waals surface area (Å²) in [7, 11) is 0. The second-order valence-electron chi connectivity index (χ2n) is 7.78. The largest absolute Gasteiger partial charge is 0.373 e. The molecule has 2 rings (SSSR count). The zero-order valence-corrected chi connectivity index (χ0v) is 14.0. The van der Waals surface area contributed by atoms with Crippen LogP contribution in [0.2, 0.25) is 0 Å². The van der Waals surface area contributed by atoms with Gasteiger partial charge in [-0.05, 0) is 44.6 Å². The Labute approximate surface area is 125 Å². The fraction of sp³-hybridized carbons (Fsp3) is 1.00. The standard InChI is InChI=1S/C17H34N2O/c1-5-18-12-17(8-6-15(2)7-9-17)14-19-10-11-20-16(3,4)13-19/h15,18H,5-14H2,1-4H3. The average Bonchev–Trinajstić information content (AvgIpc) is 2.39. The van der Waals surface area contributed by atoms with Gasteiger partial charge in [-0.15, -0.1) is 0 Å². The van der Waals surface area contributed by atoms with Crippen molar-refractivity contribution < 1.29 is 4.74 Å². The molecule has 118 valence electrons. The summed E-state index contributed by atoms with van der Waals surface area (Å²) in [4.78, 5) is 2.65. The number of hydrogen-bond acceptors (Lipinski definition) is 3.